The van der Waals surface area contributed by atoms with Gasteiger partial charge in [-0.25, -0.2) is 0 Å². The molecule has 0 aliphatic carbocycles. The van der Waals surface area contributed by atoms with E-state index in [4.69, 9.17) is 9.84 Å². The van der Waals surface area contributed by atoms with E-state index < -0.39 is 23.6 Å². The van der Waals surface area contributed by atoms with Crippen LogP contribution in [0.15, 0.2) is 0 Å². The van der Waals surface area contributed by atoms with Gasteiger partial charge in [0.25, 0.3) is 0 Å². The van der Waals surface area contributed by atoms with Gasteiger partial charge in [-0.2, -0.15) is 0 Å². The number of unbranched alkanes of at least 4 members (excludes halogenated alkanes) is 4. The van der Waals surface area contributed by atoms with E-state index in [0.717, 1.165) is 38.5 Å². The lowest BCUT2D eigenvalue weighted by atomic mass is 9.85. The van der Waals surface area contributed by atoms with E-state index in [1.54, 1.807) is 0 Å². The largest absolute Gasteiger partial charge is 0.481 e. The molecule has 0 heterocycles. The molecule has 0 aromatic carbocycles. The maximum Gasteiger partial charge on any atom is 0.306 e. The fourth-order valence-electron chi connectivity index (χ4n) is 2.43. The van der Waals surface area contributed by atoms with Crippen molar-refractivity contribution in [3.8, 4) is 0 Å². The van der Waals surface area contributed by atoms with Gasteiger partial charge in [-0.1, -0.05) is 52.4 Å². The normalized spacial score (nSPS) is 12.9. The molecular formula is C17H32O6. The van der Waals surface area contributed by atoms with Gasteiger partial charge in [-0.05, 0) is 12.8 Å². The van der Waals surface area contributed by atoms with E-state index in [1.165, 1.54) is 0 Å². The molecule has 0 fully saturated rings. The van der Waals surface area contributed by atoms with Crippen LogP contribution in [0.25, 0.3) is 0 Å². The third-order valence-corrected chi connectivity index (χ3v) is 3.99. The number of aliphatic hydroxyl groups is 2. The second kappa shape index (κ2) is 12.3. The zero-order valence-corrected chi connectivity index (χ0v) is 14.4. The minimum Gasteiger partial charge on any atom is -0.481 e. The third kappa shape index (κ3) is 10.3. The summed E-state index contributed by atoms with van der Waals surface area (Å²) < 4.78 is 4.90. The first-order valence-corrected chi connectivity index (χ1v) is 8.63. The standard InChI is InChI=1S/C17H32O6/c1-3-5-7-11-17(22,12-8-6-4-2)14(18)13-23-16(21)10-9-15(19)20/h14,18,22H,3-13H2,1-2H3,(H,19,20). The molecule has 6 heteroatoms. The summed E-state index contributed by atoms with van der Waals surface area (Å²) >= 11 is 0. The summed E-state index contributed by atoms with van der Waals surface area (Å²) in [5.41, 5.74) is -1.25. The minimum absolute atomic E-state index is 0.230. The first kappa shape index (κ1) is 21.9. The molecule has 0 radical (unpaired) electrons. The first-order chi connectivity index (χ1) is 10.9. The summed E-state index contributed by atoms with van der Waals surface area (Å²) in [7, 11) is 0. The SMILES string of the molecule is CCCCCC(O)(CCCCC)C(O)COC(=O)CCC(=O)O. The molecule has 136 valence electrons. The van der Waals surface area contributed by atoms with E-state index in [2.05, 4.69) is 13.8 Å². The summed E-state index contributed by atoms with van der Waals surface area (Å²) in [4.78, 5) is 21.8. The van der Waals surface area contributed by atoms with Crippen molar-refractivity contribution in [2.24, 2.45) is 0 Å². The molecule has 0 aliphatic heterocycles. The van der Waals surface area contributed by atoms with E-state index in [-0.39, 0.29) is 19.4 Å². The van der Waals surface area contributed by atoms with Crippen molar-refractivity contribution in [3.05, 3.63) is 0 Å². The molecule has 0 saturated heterocycles. The molecule has 1 atom stereocenters. The number of hydrogen-bond acceptors (Lipinski definition) is 5. The van der Waals surface area contributed by atoms with Gasteiger partial charge < -0.3 is 20.1 Å². The minimum atomic E-state index is -1.25. The number of ether oxygens (including phenoxy) is 1. The van der Waals surface area contributed by atoms with Gasteiger partial charge in [0.2, 0.25) is 0 Å². The van der Waals surface area contributed by atoms with E-state index in [0.29, 0.717) is 12.8 Å². The number of carbonyl (C=O) groups is 2. The number of aliphatic hydroxyl groups excluding tert-OH is 1. The highest BCUT2D eigenvalue weighted by Crippen LogP contribution is 2.26. The topological polar surface area (TPSA) is 104 Å². The Balaban J connectivity index is 4.43. The fraction of sp³-hybridized carbons (Fsp3) is 0.882. The Hall–Kier alpha value is -1.14. The Morgan fingerprint density at radius 2 is 1.52 bits per heavy atom. The second-order valence-electron chi connectivity index (χ2n) is 6.11. The van der Waals surface area contributed by atoms with Gasteiger partial charge in [-0.15, -0.1) is 0 Å². The highest BCUT2D eigenvalue weighted by atomic mass is 16.5. The zero-order valence-electron chi connectivity index (χ0n) is 14.4. The van der Waals surface area contributed by atoms with Crippen molar-refractivity contribution in [3.63, 3.8) is 0 Å². The predicted molar refractivity (Wildman–Crippen MR) is 87.1 cm³/mol. The molecule has 1 unspecified atom stereocenters. The average Bonchev–Trinajstić information content (AvgIpc) is 2.51. The molecule has 0 saturated carbocycles. The van der Waals surface area contributed by atoms with Gasteiger partial charge in [0.1, 0.15) is 12.7 Å². The van der Waals surface area contributed by atoms with Crippen LogP contribution in [-0.4, -0.2) is 45.6 Å². The second-order valence-corrected chi connectivity index (χ2v) is 6.11. The number of esters is 1. The van der Waals surface area contributed by atoms with Gasteiger partial charge >= 0.3 is 11.9 Å². The molecule has 0 spiro atoms. The Labute approximate surface area is 138 Å². The van der Waals surface area contributed by atoms with E-state index in [9.17, 15) is 19.8 Å². The van der Waals surface area contributed by atoms with Gasteiger partial charge in [-0.3, -0.25) is 9.59 Å². The molecule has 0 rings (SSSR count). The number of aliphatic carboxylic acids is 1. The lowest BCUT2D eigenvalue weighted by Crippen LogP contribution is -2.45. The van der Waals surface area contributed by atoms with Crippen molar-refractivity contribution < 1.29 is 29.6 Å². The predicted octanol–water partition coefficient (Wildman–Crippen LogP) is 2.65. The Morgan fingerprint density at radius 3 is 1.96 bits per heavy atom. The van der Waals surface area contributed by atoms with Crippen LogP contribution in [0.3, 0.4) is 0 Å². The Kier molecular flexibility index (Phi) is 11.7. The number of rotatable bonds is 14. The van der Waals surface area contributed by atoms with Crippen LogP contribution in [0.5, 0.6) is 0 Å². The quantitative estimate of drug-likeness (QED) is 0.334. The van der Waals surface area contributed by atoms with Gasteiger partial charge in [0.15, 0.2) is 0 Å². The summed E-state index contributed by atoms with van der Waals surface area (Å²) in [6, 6.07) is 0. The smallest absolute Gasteiger partial charge is 0.306 e. The number of carboxylic acid groups (broad SMARTS) is 1. The van der Waals surface area contributed by atoms with Crippen molar-refractivity contribution in [2.45, 2.75) is 89.8 Å². The first-order valence-electron chi connectivity index (χ1n) is 8.63. The molecule has 23 heavy (non-hydrogen) atoms. The van der Waals surface area contributed by atoms with Crippen molar-refractivity contribution in [1.29, 1.82) is 0 Å². The molecule has 0 bridgehead atoms. The molecular weight excluding hydrogens is 300 g/mol. The molecule has 0 aromatic heterocycles. The number of carboxylic acids is 1. The lowest BCUT2D eigenvalue weighted by Gasteiger charge is -2.33. The molecule has 0 aromatic rings. The fourth-order valence-corrected chi connectivity index (χ4v) is 2.43. The third-order valence-electron chi connectivity index (χ3n) is 3.99. The van der Waals surface area contributed by atoms with Crippen LogP contribution < -0.4 is 0 Å². The van der Waals surface area contributed by atoms with Crippen LogP contribution in [0.2, 0.25) is 0 Å². The Bertz CT molecular complexity index is 332. The summed E-state index contributed by atoms with van der Waals surface area (Å²) in [6.45, 7) is 3.83. The van der Waals surface area contributed by atoms with Crippen LogP contribution in [0, 0.1) is 0 Å². The summed E-state index contributed by atoms with van der Waals surface area (Å²) in [5, 5.41) is 29.5. The van der Waals surface area contributed by atoms with Crippen molar-refractivity contribution in [2.75, 3.05) is 6.61 Å². The van der Waals surface area contributed by atoms with E-state index >= 15 is 0 Å². The Morgan fingerprint density at radius 1 is 1.00 bits per heavy atom. The van der Waals surface area contributed by atoms with Gasteiger partial charge in [0.05, 0.1) is 18.4 Å². The van der Waals surface area contributed by atoms with Crippen LogP contribution in [-0.2, 0) is 14.3 Å². The highest BCUT2D eigenvalue weighted by Gasteiger charge is 2.35. The molecule has 6 nitrogen and oxygen atoms in total. The van der Waals surface area contributed by atoms with Crippen molar-refractivity contribution >= 4 is 11.9 Å². The monoisotopic (exact) mass is 332 g/mol. The molecule has 3 N–H and O–H groups in total. The average molecular weight is 332 g/mol. The van der Waals surface area contributed by atoms with Gasteiger partial charge in [0, 0.05) is 0 Å². The zero-order chi connectivity index (χ0) is 17.7. The highest BCUT2D eigenvalue weighted by molar-refractivity contribution is 5.76. The lowest BCUT2D eigenvalue weighted by molar-refractivity contribution is -0.158. The number of carbonyl (C=O) groups excluding carboxylic acids is 1. The van der Waals surface area contributed by atoms with Crippen molar-refractivity contribution in [1.82, 2.24) is 0 Å². The molecule has 0 amide bonds. The maximum atomic E-state index is 11.4. The van der Waals surface area contributed by atoms with Crippen LogP contribution >= 0.6 is 0 Å². The molecule has 0 aliphatic rings. The number of hydrogen-bond donors (Lipinski definition) is 3. The van der Waals surface area contributed by atoms with Crippen LogP contribution in [0.1, 0.15) is 78.1 Å². The van der Waals surface area contributed by atoms with Crippen LogP contribution in [0.4, 0.5) is 0 Å². The summed E-state index contributed by atoms with van der Waals surface area (Å²) in [5.74, 6) is -1.74. The summed E-state index contributed by atoms with van der Waals surface area (Å²) in [6.07, 6.45) is 4.87. The maximum absolute atomic E-state index is 11.4. The van der Waals surface area contributed by atoms with E-state index in [1.807, 2.05) is 0 Å².